The molecule has 4 heteroatoms. The number of nitrogens with zero attached hydrogens (tertiary/aromatic N) is 2. The maximum atomic E-state index is 5.91. The average molecular weight is 266 g/mol. The van der Waals surface area contributed by atoms with E-state index in [-0.39, 0.29) is 12.4 Å². The number of rotatable bonds is 5. The molecule has 1 aromatic carbocycles. The Morgan fingerprint density at radius 1 is 1.17 bits per heavy atom. The van der Waals surface area contributed by atoms with E-state index < -0.39 is 0 Å². The van der Waals surface area contributed by atoms with Crippen LogP contribution in [0.4, 0.5) is 5.95 Å². The molecule has 0 fully saturated rings. The first kappa shape index (κ1) is 14.6. The van der Waals surface area contributed by atoms with Gasteiger partial charge in [-0.25, -0.2) is 4.98 Å². The maximum Gasteiger partial charge on any atom is 0.200 e. The summed E-state index contributed by atoms with van der Waals surface area (Å²) < 4.78 is 2.04. The minimum absolute atomic E-state index is 0. The zero-order chi connectivity index (χ0) is 12.1. The normalized spacial score (nSPS) is 10.1. The molecule has 0 aliphatic heterocycles. The van der Waals surface area contributed by atoms with Gasteiger partial charge in [0.25, 0.3) is 0 Å². The minimum Gasteiger partial charge on any atom is -0.369 e. The van der Waals surface area contributed by atoms with Crippen molar-refractivity contribution in [3.8, 4) is 11.3 Å². The lowest BCUT2D eigenvalue weighted by atomic mass is 10.2. The fraction of sp³-hybridized carbons (Fsp3) is 0.357. The number of imidazole rings is 1. The van der Waals surface area contributed by atoms with Crippen molar-refractivity contribution < 1.29 is 0 Å². The van der Waals surface area contributed by atoms with Gasteiger partial charge in [0.05, 0.1) is 5.69 Å². The summed E-state index contributed by atoms with van der Waals surface area (Å²) in [5.41, 5.74) is 7.99. The summed E-state index contributed by atoms with van der Waals surface area (Å²) in [6.45, 7) is 3.16. The molecule has 98 valence electrons. The number of hydrogen-bond acceptors (Lipinski definition) is 2. The van der Waals surface area contributed by atoms with Crippen molar-refractivity contribution in [1.29, 1.82) is 0 Å². The second kappa shape index (κ2) is 7.07. The van der Waals surface area contributed by atoms with Crippen LogP contribution in [0.2, 0.25) is 0 Å². The third-order valence-electron chi connectivity index (χ3n) is 2.88. The third kappa shape index (κ3) is 3.50. The van der Waals surface area contributed by atoms with Crippen LogP contribution in [0.3, 0.4) is 0 Å². The van der Waals surface area contributed by atoms with Crippen LogP contribution < -0.4 is 5.73 Å². The van der Waals surface area contributed by atoms with Gasteiger partial charge in [-0.05, 0) is 6.42 Å². The van der Waals surface area contributed by atoms with Crippen molar-refractivity contribution >= 4 is 18.4 Å². The van der Waals surface area contributed by atoms with Crippen LogP contribution in [0.1, 0.15) is 26.2 Å². The molecule has 3 nitrogen and oxygen atoms in total. The Labute approximate surface area is 114 Å². The number of hydrogen-bond donors (Lipinski definition) is 1. The van der Waals surface area contributed by atoms with Crippen molar-refractivity contribution in [3.05, 3.63) is 36.5 Å². The number of aryl methyl sites for hydroxylation is 1. The highest BCUT2D eigenvalue weighted by atomic mass is 35.5. The maximum absolute atomic E-state index is 5.91. The van der Waals surface area contributed by atoms with E-state index in [0.717, 1.165) is 24.2 Å². The van der Waals surface area contributed by atoms with E-state index in [2.05, 4.69) is 24.0 Å². The van der Waals surface area contributed by atoms with Gasteiger partial charge in [-0.3, -0.25) is 0 Å². The van der Waals surface area contributed by atoms with Crippen molar-refractivity contribution in [2.75, 3.05) is 5.73 Å². The van der Waals surface area contributed by atoms with Gasteiger partial charge in [-0.2, -0.15) is 0 Å². The molecule has 1 aromatic heterocycles. The summed E-state index contributed by atoms with van der Waals surface area (Å²) in [7, 11) is 0. The monoisotopic (exact) mass is 265 g/mol. The quantitative estimate of drug-likeness (QED) is 0.837. The van der Waals surface area contributed by atoms with Crippen molar-refractivity contribution in [1.82, 2.24) is 9.55 Å². The predicted molar refractivity (Wildman–Crippen MR) is 78.8 cm³/mol. The third-order valence-corrected chi connectivity index (χ3v) is 2.88. The SMILES string of the molecule is CCCCCn1cc(-c2ccccc2)nc1N.Cl. The number of anilines is 1. The van der Waals surface area contributed by atoms with E-state index in [1.54, 1.807) is 0 Å². The van der Waals surface area contributed by atoms with Crippen molar-refractivity contribution in [2.24, 2.45) is 0 Å². The second-order valence-electron chi connectivity index (χ2n) is 4.25. The van der Waals surface area contributed by atoms with Crippen LogP contribution in [0.25, 0.3) is 11.3 Å². The molecular formula is C14H20ClN3. The Bertz CT molecular complexity index is 465. The largest absolute Gasteiger partial charge is 0.369 e. The predicted octanol–water partition coefficient (Wildman–Crippen LogP) is 3.74. The van der Waals surface area contributed by atoms with Gasteiger partial charge in [0.2, 0.25) is 5.95 Å². The van der Waals surface area contributed by atoms with E-state index in [4.69, 9.17) is 5.73 Å². The minimum atomic E-state index is 0. The Kier molecular flexibility index (Phi) is 5.72. The molecule has 0 saturated heterocycles. The van der Waals surface area contributed by atoms with Crippen molar-refractivity contribution in [2.45, 2.75) is 32.7 Å². The topological polar surface area (TPSA) is 43.8 Å². The molecule has 0 aliphatic rings. The zero-order valence-corrected chi connectivity index (χ0v) is 11.5. The van der Waals surface area contributed by atoms with Crippen LogP contribution in [0.5, 0.6) is 0 Å². The molecule has 0 amide bonds. The second-order valence-corrected chi connectivity index (χ2v) is 4.25. The van der Waals surface area contributed by atoms with Crippen LogP contribution in [0.15, 0.2) is 36.5 Å². The standard InChI is InChI=1S/C14H19N3.ClH/c1-2-3-7-10-17-11-13(16-14(17)15)12-8-5-4-6-9-12;/h4-6,8-9,11H,2-3,7,10H2,1H3,(H2,15,16);1H. The Hall–Kier alpha value is -1.48. The molecule has 1 heterocycles. The fourth-order valence-electron chi connectivity index (χ4n) is 1.89. The molecular weight excluding hydrogens is 246 g/mol. The number of nitrogen functional groups attached to an aromatic ring is 1. The lowest BCUT2D eigenvalue weighted by Gasteiger charge is -2.02. The number of aromatic nitrogens is 2. The number of nitrogens with two attached hydrogens (primary N) is 1. The van der Waals surface area contributed by atoms with E-state index in [0.29, 0.717) is 5.95 Å². The molecule has 0 saturated carbocycles. The van der Waals surface area contributed by atoms with Gasteiger partial charge in [-0.15, -0.1) is 12.4 Å². The molecule has 0 spiro atoms. The summed E-state index contributed by atoms with van der Waals surface area (Å²) in [4.78, 5) is 4.40. The fourth-order valence-corrected chi connectivity index (χ4v) is 1.89. The number of benzene rings is 1. The van der Waals surface area contributed by atoms with Gasteiger partial charge >= 0.3 is 0 Å². The Balaban J connectivity index is 0.00000162. The smallest absolute Gasteiger partial charge is 0.200 e. The molecule has 0 unspecified atom stereocenters. The highest BCUT2D eigenvalue weighted by molar-refractivity contribution is 5.85. The highest BCUT2D eigenvalue weighted by Gasteiger charge is 2.05. The van der Waals surface area contributed by atoms with Crippen LogP contribution in [-0.2, 0) is 6.54 Å². The van der Waals surface area contributed by atoms with E-state index in [1.165, 1.54) is 12.8 Å². The molecule has 2 N–H and O–H groups in total. The Morgan fingerprint density at radius 2 is 1.89 bits per heavy atom. The van der Waals surface area contributed by atoms with Crippen LogP contribution in [-0.4, -0.2) is 9.55 Å². The van der Waals surface area contributed by atoms with Crippen LogP contribution >= 0.6 is 12.4 Å². The first-order chi connectivity index (χ1) is 8.31. The van der Waals surface area contributed by atoms with Gasteiger partial charge in [0.15, 0.2) is 0 Å². The van der Waals surface area contributed by atoms with Crippen molar-refractivity contribution in [3.63, 3.8) is 0 Å². The average Bonchev–Trinajstić information content (AvgIpc) is 2.73. The summed E-state index contributed by atoms with van der Waals surface area (Å²) in [5, 5.41) is 0. The summed E-state index contributed by atoms with van der Waals surface area (Å²) in [6.07, 6.45) is 5.66. The molecule has 18 heavy (non-hydrogen) atoms. The van der Waals surface area contributed by atoms with E-state index in [1.807, 2.05) is 29.0 Å². The molecule has 2 aromatic rings. The summed E-state index contributed by atoms with van der Waals surface area (Å²) in [6, 6.07) is 10.1. The molecule has 0 bridgehead atoms. The summed E-state index contributed by atoms with van der Waals surface area (Å²) >= 11 is 0. The Morgan fingerprint density at radius 3 is 2.56 bits per heavy atom. The summed E-state index contributed by atoms with van der Waals surface area (Å²) in [5.74, 6) is 0.611. The number of halogens is 1. The molecule has 0 atom stereocenters. The van der Waals surface area contributed by atoms with E-state index >= 15 is 0 Å². The van der Waals surface area contributed by atoms with Gasteiger partial charge in [-0.1, -0.05) is 50.1 Å². The van der Waals surface area contributed by atoms with Crippen LogP contribution in [0, 0.1) is 0 Å². The number of unbranched alkanes of at least 4 members (excludes halogenated alkanes) is 2. The van der Waals surface area contributed by atoms with Gasteiger partial charge in [0.1, 0.15) is 0 Å². The zero-order valence-electron chi connectivity index (χ0n) is 10.7. The van der Waals surface area contributed by atoms with Gasteiger partial charge < -0.3 is 10.3 Å². The van der Waals surface area contributed by atoms with E-state index in [9.17, 15) is 0 Å². The first-order valence-corrected chi connectivity index (χ1v) is 6.19. The van der Waals surface area contributed by atoms with Gasteiger partial charge in [0, 0.05) is 18.3 Å². The highest BCUT2D eigenvalue weighted by Crippen LogP contribution is 2.19. The lowest BCUT2D eigenvalue weighted by Crippen LogP contribution is -2.02. The lowest BCUT2D eigenvalue weighted by molar-refractivity contribution is 0.608. The molecule has 0 radical (unpaired) electrons. The molecule has 0 aliphatic carbocycles. The first-order valence-electron chi connectivity index (χ1n) is 6.19. The molecule has 2 rings (SSSR count).